The zero-order valence-corrected chi connectivity index (χ0v) is 15.7. The third kappa shape index (κ3) is 4.69. The molecule has 1 aromatic heterocycles. The van der Waals surface area contributed by atoms with Gasteiger partial charge in [0.2, 0.25) is 5.71 Å². The Morgan fingerprint density at radius 2 is 2.08 bits per heavy atom. The van der Waals surface area contributed by atoms with E-state index in [1.165, 1.54) is 24.2 Å². The second kappa shape index (κ2) is 7.96. The molecule has 7 heteroatoms. The zero-order valence-electron chi connectivity index (χ0n) is 14.9. The fraction of sp³-hybridized carbons (Fsp3) is 0.706. The summed E-state index contributed by atoms with van der Waals surface area (Å²) in [6.07, 6.45) is 4.63. The molecule has 0 amide bonds. The average Bonchev–Trinajstić information content (AvgIpc) is 2.94. The van der Waals surface area contributed by atoms with Gasteiger partial charge in [-0.2, -0.15) is 0 Å². The van der Waals surface area contributed by atoms with Crippen LogP contribution in [0.3, 0.4) is 0 Å². The van der Waals surface area contributed by atoms with E-state index in [1.807, 2.05) is 13.8 Å². The van der Waals surface area contributed by atoms with Crippen LogP contribution in [0.25, 0.3) is 0 Å². The van der Waals surface area contributed by atoms with Crippen molar-refractivity contribution in [3.8, 4) is 0 Å². The molecule has 1 aliphatic carbocycles. The summed E-state index contributed by atoms with van der Waals surface area (Å²) in [4.78, 5) is 22.1. The predicted octanol–water partition coefficient (Wildman–Crippen LogP) is 3.61. The lowest BCUT2D eigenvalue weighted by Crippen LogP contribution is -2.36. The summed E-state index contributed by atoms with van der Waals surface area (Å²) in [5.74, 6) is 0.644. The Kier molecular flexibility index (Phi) is 6.21. The second-order valence-electron chi connectivity index (χ2n) is 6.88. The van der Waals surface area contributed by atoms with E-state index >= 15 is 0 Å². The Hall–Kier alpha value is -1.63. The van der Waals surface area contributed by atoms with Gasteiger partial charge in [-0.1, -0.05) is 24.9 Å². The van der Waals surface area contributed by atoms with Gasteiger partial charge in [0.25, 0.3) is 0 Å². The summed E-state index contributed by atoms with van der Waals surface area (Å²) in [6, 6.07) is 0. The smallest absolute Gasteiger partial charge is 0.362 e. The lowest BCUT2D eigenvalue weighted by Gasteiger charge is -2.36. The normalized spacial score (nSPS) is 22.2. The molecule has 6 nitrogen and oxygen atoms in total. The molecule has 1 saturated carbocycles. The summed E-state index contributed by atoms with van der Waals surface area (Å²) in [5.41, 5.74) is 5.68. The van der Waals surface area contributed by atoms with Gasteiger partial charge >= 0.3 is 5.97 Å². The lowest BCUT2D eigenvalue weighted by atomic mass is 9.75. The quantitative estimate of drug-likeness (QED) is 0.479. The number of nitrogen functional groups attached to an aromatic ring is 1. The van der Waals surface area contributed by atoms with Crippen molar-refractivity contribution >= 4 is 28.1 Å². The molecule has 1 heterocycles. The van der Waals surface area contributed by atoms with Crippen LogP contribution in [0.5, 0.6) is 0 Å². The van der Waals surface area contributed by atoms with E-state index in [-0.39, 0.29) is 12.3 Å². The van der Waals surface area contributed by atoms with Crippen molar-refractivity contribution in [2.24, 2.45) is 17.0 Å². The molecule has 134 valence electrons. The number of nitrogens with two attached hydrogens (primary N) is 1. The number of hydrogen-bond acceptors (Lipinski definition) is 7. The van der Waals surface area contributed by atoms with Gasteiger partial charge in [0.15, 0.2) is 5.13 Å². The molecule has 0 spiro atoms. The van der Waals surface area contributed by atoms with E-state index in [0.717, 1.165) is 18.8 Å². The number of ether oxygens (including phenoxy) is 1. The van der Waals surface area contributed by atoms with Crippen molar-refractivity contribution in [2.45, 2.75) is 59.0 Å². The van der Waals surface area contributed by atoms with Crippen molar-refractivity contribution in [1.29, 1.82) is 0 Å². The van der Waals surface area contributed by atoms with Gasteiger partial charge in [-0.25, -0.2) is 9.78 Å². The lowest BCUT2D eigenvalue weighted by molar-refractivity contribution is -0.135. The van der Waals surface area contributed by atoms with E-state index < -0.39 is 11.6 Å². The van der Waals surface area contributed by atoms with Crippen LogP contribution in [-0.4, -0.2) is 28.9 Å². The first-order chi connectivity index (χ1) is 11.3. The molecule has 0 saturated heterocycles. The summed E-state index contributed by atoms with van der Waals surface area (Å²) < 4.78 is 5.07. The van der Waals surface area contributed by atoms with Crippen LogP contribution >= 0.6 is 11.3 Å². The van der Waals surface area contributed by atoms with Gasteiger partial charge in [-0.05, 0) is 39.5 Å². The first-order valence-electron chi connectivity index (χ1n) is 8.48. The van der Waals surface area contributed by atoms with Crippen molar-refractivity contribution in [3.05, 3.63) is 11.1 Å². The molecular formula is C17H27N3O3S. The van der Waals surface area contributed by atoms with E-state index in [1.54, 1.807) is 12.3 Å². The maximum absolute atomic E-state index is 12.2. The molecule has 1 aromatic rings. The number of carbonyl (C=O) groups excluding carboxylic acids is 1. The summed E-state index contributed by atoms with van der Waals surface area (Å²) in [5, 5.41) is 6.18. The fourth-order valence-corrected chi connectivity index (χ4v) is 3.53. The standard InChI is InChI=1S/C17H27N3O3S/c1-5-22-15(21)14(13-10-24-16(18)19-13)20-23-17(3,4)12-8-6-11(2)7-9-12/h10-12H,5-9H2,1-4H3,(H2,18,19)/t11-,12-. The van der Waals surface area contributed by atoms with Gasteiger partial charge in [0.05, 0.1) is 6.61 Å². The van der Waals surface area contributed by atoms with E-state index in [4.69, 9.17) is 15.3 Å². The van der Waals surface area contributed by atoms with Crippen LogP contribution in [0.1, 0.15) is 59.1 Å². The van der Waals surface area contributed by atoms with Gasteiger partial charge < -0.3 is 15.3 Å². The van der Waals surface area contributed by atoms with Crippen molar-refractivity contribution < 1.29 is 14.4 Å². The summed E-state index contributed by atoms with van der Waals surface area (Å²) in [6.45, 7) is 8.35. The van der Waals surface area contributed by atoms with E-state index in [2.05, 4.69) is 17.1 Å². The van der Waals surface area contributed by atoms with Gasteiger partial charge in [0, 0.05) is 11.3 Å². The molecule has 2 N–H and O–H groups in total. The Morgan fingerprint density at radius 3 is 2.62 bits per heavy atom. The van der Waals surface area contributed by atoms with Crippen LogP contribution in [0.4, 0.5) is 5.13 Å². The first-order valence-corrected chi connectivity index (χ1v) is 9.36. The van der Waals surface area contributed by atoms with Gasteiger partial charge in [0.1, 0.15) is 11.3 Å². The first kappa shape index (κ1) is 18.7. The van der Waals surface area contributed by atoms with Crippen LogP contribution in [0.2, 0.25) is 0 Å². The SMILES string of the molecule is CCOC(=O)C(=NOC(C)(C)[C@H]1CC[C@H](C)CC1)c1csc(N)n1. The molecule has 1 fully saturated rings. The van der Waals surface area contributed by atoms with Crippen molar-refractivity contribution in [2.75, 3.05) is 12.3 Å². The predicted molar refractivity (Wildman–Crippen MR) is 96.0 cm³/mol. The molecule has 1 aliphatic rings. The minimum absolute atomic E-state index is 0.0713. The molecule has 0 atom stereocenters. The minimum Gasteiger partial charge on any atom is -0.461 e. The van der Waals surface area contributed by atoms with Crippen molar-refractivity contribution in [1.82, 2.24) is 4.98 Å². The number of nitrogens with zero attached hydrogens (tertiary/aromatic N) is 2. The van der Waals surface area contributed by atoms with Crippen LogP contribution < -0.4 is 5.73 Å². The Morgan fingerprint density at radius 1 is 1.42 bits per heavy atom. The molecule has 0 aliphatic heterocycles. The largest absolute Gasteiger partial charge is 0.461 e. The fourth-order valence-electron chi connectivity index (χ4n) is 2.98. The molecule has 24 heavy (non-hydrogen) atoms. The zero-order chi connectivity index (χ0) is 17.7. The summed E-state index contributed by atoms with van der Waals surface area (Å²) >= 11 is 1.25. The van der Waals surface area contributed by atoms with Crippen LogP contribution in [-0.2, 0) is 14.4 Å². The number of aromatic nitrogens is 1. The maximum Gasteiger partial charge on any atom is 0.362 e. The number of rotatable bonds is 6. The number of esters is 1. The number of thiazole rings is 1. The van der Waals surface area contributed by atoms with Crippen LogP contribution in [0.15, 0.2) is 10.5 Å². The van der Waals surface area contributed by atoms with E-state index in [9.17, 15) is 4.79 Å². The Bertz CT molecular complexity index is 590. The van der Waals surface area contributed by atoms with Crippen molar-refractivity contribution in [3.63, 3.8) is 0 Å². The number of carbonyl (C=O) groups is 1. The van der Waals surface area contributed by atoms with Crippen LogP contribution in [0, 0.1) is 11.8 Å². The molecule has 2 rings (SSSR count). The van der Waals surface area contributed by atoms with E-state index in [0.29, 0.717) is 16.7 Å². The molecule has 0 unspecified atom stereocenters. The number of hydrogen-bond donors (Lipinski definition) is 1. The molecule has 0 aromatic carbocycles. The number of anilines is 1. The maximum atomic E-state index is 12.2. The third-order valence-electron chi connectivity index (χ3n) is 4.60. The number of oxime groups is 1. The minimum atomic E-state index is -0.545. The second-order valence-corrected chi connectivity index (χ2v) is 7.77. The Balaban J connectivity index is 2.15. The van der Waals surface area contributed by atoms with Gasteiger partial charge in [-0.3, -0.25) is 0 Å². The average molecular weight is 353 g/mol. The highest BCUT2D eigenvalue weighted by molar-refractivity contribution is 7.13. The molecule has 0 radical (unpaired) electrons. The molecule has 0 bridgehead atoms. The highest BCUT2D eigenvalue weighted by Crippen LogP contribution is 2.37. The molecular weight excluding hydrogens is 326 g/mol. The highest BCUT2D eigenvalue weighted by Gasteiger charge is 2.35. The third-order valence-corrected chi connectivity index (χ3v) is 5.28. The Labute approximate surface area is 147 Å². The highest BCUT2D eigenvalue weighted by atomic mass is 32.1. The monoisotopic (exact) mass is 353 g/mol. The van der Waals surface area contributed by atoms with Gasteiger partial charge in [-0.15, -0.1) is 11.3 Å². The summed E-state index contributed by atoms with van der Waals surface area (Å²) in [7, 11) is 0. The topological polar surface area (TPSA) is 86.8 Å².